The number of ketones is 1. The molecule has 0 bridgehead atoms. The highest BCUT2D eigenvalue weighted by Gasteiger charge is 2.17. The van der Waals surface area contributed by atoms with E-state index in [1.807, 2.05) is 25.8 Å². The number of aromatic nitrogens is 1. The van der Waals surface area contributed by atoms with Crippen LogP contribution in [0.5, 0.6) is 0 Å². The smallest absolute Gasteiger partial charge is 0.379 e. The van der Waals surface area contributed by atoms with Crippen molar-refractivity contribution in [3.05, 3.63) is 23.9 Å². The molecule has 5 nitrogen and oxygen atoms in total. The molecular formula is C12H16N2O3. The van der Waals surface area contributed by atoms with Crippen LogP contribution in [-0.4, -0.2) is 36.9 Å². The molecule has 0 aliphatic rings. The van der Waals surface area contributed by atoms with Crippen molar-refractivity contribution in [2.24, 2.45) is 0 Å². The van der Waals surface area contributed by atoms with E-state index in [1.165, 1.54) is 13.3 Å². The van der Waals surface area contributed by atoms with Crippen LogP contribution in [0.2, 0.25) is 0 Å². The Morgan fingerprint density at radius 2 is 2.00 bits per heavy atom. The highest BCUT2D eigenvalue weighted by molar-refractivity contribution is 6.40. The van der Waals surface area contributed by atoms with E-state index in [4.69, 9.17) is 0 Å². The third kappa shape index (κ3) is 3.03. The number of ether oxygens (including phenoxy) is 1. The average Bonchev–Trinajstić information content (AvgIpc) is 2.36. The number of hydrogen-bond donors (Lipinski definition) is 0. The molecule has 0 unspecified atom stereocenters. The largest absolute Gasteiger partial charge is 0.463 e. The van der Waals surface area contributed by atoms with Gasteiger partial charge in [-0.05, 0) is 26.0 Å². The van der Waals surface area contributed by atoms with Gasteiger partial charge in [0.2, 0.25) is 0 Å². The summed E-state index contributed by atoms with van der Waals surface area (Å²) in [5, 5.41) is 0. The Balaban J connectivity index is 2.88. The molecule has 0 aliphatic carbocycles. The maximum Gasteiger partial charge on any atom is 0.379 e. The summed E-state index contributed by atoms with van der Waals surface area (Å²) in [6.07, 6.45) is 1.38. The van der Waals surface area contributed by atoms with Crippen molar-refractivity contribution in [2.75, 3.05) is 19.1 Å². The summed E-state index contributed by atoms with van der Waals surface area (Å²) in [6, 6.07) is 3.58. The molecule has 0 atom stereocenters. The second-order valence-electron chi connectivity index (χ2n) is 3.93. The van der Waals surface area contributed by atoms with Crippen molar-refractivity contribution >= 4 is 17.6 Å². The van der Waals surface area contributed by atoms with E-state index in [0.717, 1.165) is 5.82 Å². The van der Waals surface area contributed by atoms with Gasteiger partial charge in [-0.3, -0.25) is 4.79 Å². The third-order valence-electron chi connectivity index (χ3n) is 2.52. The molecule has 0 fully saturated rings. The first kappa shape index (κ1) is 13.2. The van der Waals surface area contributed by atoms with Gasteiger partial charge in [0.15, 0.2) is 0 Å². The molecule has 5 heteroatoms. The summed E-state index contributed by atoms with van der Waals surface area (Å²) in [5.41, 5.74) is 0.234. The minimum Gasteiger partial charge on any atom is -0.463 e. The molecule has 1 aromatic rings. The Kier molecular flexibility index (Phi) is 4.20. The van der Waals surface area contributed by atoms with Gasteiger partial charge < -0.3 is 9.64 Å². The predicted molar refractivity (Wildman–Crippen MR) is 64.1 cm³/mol. The van der Waals surface area contributed by atoms with E-state index < -0.39 is 11.8 Å². The fourth-order valence-electron chi connectivity index (χ4n) is 1.20. The van der Waals surface area contributed by atoms with Crippen molar-refractivity contribution in [2.45, 2.75) is 19.9 Å². The highest BCUT2D eigenvalue weighted by Crippen LogP contribution is 2.12. The molecule has 0 N–H and O–H groups in total. The number of carbonyl (C=O) groups is 2. The van der Waals surface area contributed by atoms with Gasteiger partial charge in [0.1, 0.15) is 5.82 Å². The van der Waals surface area contributed by atoms with Gasteiger partial charge in [0.25, 0.3) is 5.78 Å². The molecule has 0 aliphatic heterocycles. The van der Waals surface area contributed by atoms with Gasteiger partial charge in [-0.1, -0.05) is 0 Å². The molecule has 1 rings (SSSR count). The Bertz CT molecular complexity index is 412. The van der Waals surface area contributed by atoms with Crippen LogP contribution in [0, 0.1) is 0 Å². The van der Waals surface area contributed by atoms with E-state index >= 15 is 0 Å². The highest BCUT2D eigenvalue weighted by atomic mass is 16.5. The van der Waals surface area contributed by atoms with Crippen LogP contribution >= 0.6 is 0 Å². The van der Waals surface area contributed by atoms with Crippen LogP contribution in [0.1, 0.15) is 24.2 Å². The molecule has 1 heterocycles. The van der Waals surface area contributed by atoms with Crippen molar-refractivity contribution in [1.82, 2.24) is 4.98 Å². The first-order valence-electron chi connectivity index (χ1n) is 5.29. The molecule has 0 radical (unpaired) electrons. The van der Waals surface area contributed by atoms with Crippen LogP contribution in [0.15, 0.2) is 18.3 Å². The van der Waals surface area contributed by atoms with Crippen LogP contribution < -0.4 is 4.90 Å². The zero-order valence-electron chi connectivity index (χ0n) is 10.4. The van der Waals surface area contributed by atoms with E-state index in [9.17, 15) is 9.59 Å². The Morgan fingerprint density at radius 3 is 2.41 bits per heavy atom. The molecule has 1 aromatic heterocycles. The average molecular weight is 236 g/mol. The minimum atomic E-state index is -0.878. The number of nitrogens with zero attached hydrogens (tertiary/aromatic N) is 2. The lowest BCUT2D eigenvalue weighted by Crippen LogP contribution is -2.26. The lowest BCUT2D eigenvalue weighted by molar-refractivity contribution is -0.135. The van der Waals surface area contributed by atoms with Crippen LogP contribution in [0.3, 0.4) is 0 Å². The maximum absolute atomic E-state index is 11.5. The van der Waals surface area contributed by atoms with Crippen molar-refractivity contribution in [3.8, 4) is 0 Å². The fourth-order valence-corrected chi connectivity index (χ4v) is 1.20. The second-order valence-corrected chi connectivity index (χ2v) is 3.93. The SMILES string of the molecule is COC(=O)C(=O)c1ccc(N(C)C(C)C)nc1. The normalized spacial score (nSPS) is 10.2. The van der Waals surface area contributed by atoms with Crippen LogP contribution in [-0.2, 0) is 9.53 Å². The molecule has 0 aromatic carbocycles. The molecule has 0 amide bonds. The van der Waals surface area contributed by atoms with E-state index in [-0.39, 0.29) is 5.56 Å². The molecule has 17 heavy (non-hydrogen) atoms. The van der Waals surface area contributed by atoms with E-state index in [1.54, 1.807) is 12.1 Å². The monoisotopic (exact) mass is 236 g/mol. The fraction of sp³-hybridized carbons (Fsp3) is 0.417. The lowest BCUT2D eigenvalue weighted by atomic mass is 10.2. The first-order valence-corrected chi connectivity index (χ1v) is 5.29. The Labute approximate surface area is 100 Å². The number of rotatable bonds is 4. The number of methoxy groups -OCH3 is 1. The van der Waals surface area contributed by atoms with Gasteiger partial charge in [-0.15, -0.1) is 0 Å². The number of hydrogen-bond acceptors (Lipinski definition) is 5. The van der Waals surface area contributed by atoms with E-state index in [2.05, 4.69) is 9.72 Å². The summed E-state index contributed by atoms with van der Waals surface area (Å²) >= 11 is 0. The van der Waals surface area contributed by atoms with Crippen LogP contribution in [0.25, 0.3) is 0 Å². The second kappa shape index (κ2) is 5.43. The summed E-state index contributed by atoms with van der Waals surface area (Å²) in [7, 11) is 3.09. The number of Topliss-reactive ketones (excluding diaryl/α,β-unsaturated/α-hetero) is 1. The molecule has 0 spiro atoms. The molecular weight excluding hydrogens is 220 g/mol. The number of pyridine rings is 1. The zero-order chi connectivity index (χ0) is 13.0. The quantitative estimate of drug-likeness (QED) is 0.448. The van der Waals surface area contributed by atoms with Crippen molar-refractivity contribution < 1.29 is 14.3 Å². The topological polar surface area (TPSA) is 59.5 Å². The van der Waals surface area contributed by atoms with Gasteiger partial charge in [0.05, 0.1) is 7.11 Å². The third-order valence-corrected chi connectivity index (χ3v) is 2.52. The molecule has 0 saturated heterocycles. The van der Waals surface area contributed by atoms with Crippen LogP contribution in [0.4, 0.5) is 5.82 Å². The predicted octanol–water partition coefficient (Wildman–Crippen LogP) is 1.28. The summed E-state index contributed by atoms with van der Waals surface area (Å²) in [4.78, 5) is 28.6. The van der Waals surface area contributed by atoms with Crippen molar-refractivity contribution in [1.29, 1.82) is 0 Å². The van der Waals surface area contributed by atoms with E-state index in [0.29, 0.717) is 6.04 Å². The van der Waals surface area contributed by atoms with Crippen molar-refractivity contribution in [3.63, 3.8) is 0 Å². The van der Waals surface area contributed by atoms with Gasteiger partial charge >= 0.3 is 5.97 Å². The first-order chi connectivity index (χ1) is 7.97. The number of carbonyl (C=O) groups excluding carboxylic acids is 2. The Hall–Kier alpha value is -1.91. The lowest BCUT2D eigenvalue weighted by Gasteiger charge is -2.22. The zero-order valence-corrected chi connectivity index (χ0v) is 10.4. The summed E-state index contributed by atoms with van der Waals surface area (Å²) < 4.78 is 4.36. The van der Waals surface area contributed by atoms with Gasteiger partial charge in [-0.2, -0.15) is 0 Å². The summed E-state index contributed by atoms with van der Waals surface area (Å²) in [6.45, 7) is 4.07. The van der Waals surface area contributed by atoms with Gasteiger partial charge in [0, 0.05) is 24.8 Å². The number of esters is 1. The minimum absolute atomic E-state index is 0.234. The molecule has 0 saturated carbocycles. The number of anilines is 1. The molecule has 92 valence electrons. The van der Waals surface area contributed by atoms with Gasteiger partial charge in [-0.25, -0.2) is 9.78 Å². The Morgan fingerprint density at radius 1 is 1.35 bits per heavy atom. The standard InChI is InChI=1S/C12H16N2O3/c1-8(2)14(3)10-6-5-9(7-13-10)11(15)12(16)17-4/h5-8H,1-4H3. The summed E-state index contributed by atoms with van der Waals surface area (Å²) in [5.74, 6) is -0.808. The maximum atomic E-state index is 11.5.